The Hall–Kier alpha value is -2.19. The minimum atomic E-state index is -1.29. The van der Waals surface area contributed by atoms with Gasteiger partial charge in [0, 0.05) is 0 Å². The summed E-state index contributed by atoms with van der Waals surface area (Å²) in [5, 5.41) is 18.0. The van der Waals surface area contributed by atoms with Gasteiger partial charge in [-0.2, -0.15) is 5.26 Å². The van der Waals surface area contributed by atoms with E-state index in [0.717, 1.165) is 6.42 Å². The summed E-state index contributed by atoms with van der Waals surface area (Å²) in [5.41, 5.74) is 0.0852. The van der Waals surface area contributed by atoms with Crippen molar-refractivity contribution in [1.29, 1.82) is 5.26 Å². The molecule has 5 nitrogen and oxygen atoms in total. The van der Waals surface area contributed by atoms with Gasteiger partial charge >= 0.3 is 5.97 Å². The van der Waals surface area contributed by atoms with Crippen molar-refractivity contribution in [2.45, 2.75) is 20.3 Å². The number of carboxylic acid groups (broad SMARTS) is 1. The molecule has 0 saturated carbocycles. The summed E-state index contributed by atoms with van der Waals surface area (Å²) < 4.78 is 11.0. The topological polar surface area (TPSA) is 79.5 Å². The molecule has 0 amide bonds. The van der Waals surface area contributed by atoms with Gasteiger partial charge in [-0.05, 0) is 37.1 Å². The summed E-state index contributed by atoms with van der Waals surface area (Å²) in [7, 11) is 0. The molecule has 0 bridgehead atoms. The van der Waals surface area contributed by atoms with Crippen LogP contribution in [0.25, 0.3) is 6.08 Å². The zero-order chi connectivity index (χ0) is 15.8. The number of rotatable bonds is 7. The van der Waals surface area contributed by atoms with Gasteiger partial charge in [-0.1, -0.05) is 18.5 Å². The summed E-state index contributed by atoms with van der Waals surface area (Å²) >= 11 is 6.15. The van der Waals surface area contributed by atoms with Crippen molar-refractivity contribution in [3.8, 4) is 17.6 Å². The second kappa shape index (κ2) is 8.18. The van der Waals surface area contributed by atoms with Crippen molar-refractivity contribution in [2.75, 3.05) is 13.2 Å². The lowest BCUT2D eigenvalue weighted by atomic mass is 10.1. The Bertz CT molecular complexity index is 590. The number of hydrogen-bond donors (Lipinski definition) is 1. The average molecular weight is 310 g/mol. The molecule has 0 atom stereocenters. The molecule has 0 fully saturated rings. The van der Waals surface area contributed by atoms with Gasteiger partial charge < -0.3 is 14.6 Å². The number of carboxylic acids is 1. The first-order chi connectivity index (χ1) is 10.0. The molecule has 112 valence electrons. The highest BCUT2D eigenvalue weighted by atomic mass is 35.5. The van der Waals surface area contributed by atoms with Gasteiger partial charge in [0.1, 0.15) is 11.6 Å². The van der Waals surface area contributed by atoms with Crippen LogP contribution in [0.1, 0.15) is 25.8 Å². The quantitative estimate of drug-likeness (QED) is 0.615. The minimum absolute atomic E-state index is 0.309. The minimum Gasteiger partial charge on any atom is -0.490 e. The molecule has 0 aliphatic carbocycles. The average Bonchev–Trinajstić information content (AvgIpc) is 2.44. The van der Waals surface area contributed by atoms with E-state index in [1.807, 2.05) is 13.8 Å². The van der Waals surface area contributed by atoms with Crippen molar-refractivity contribution in [3.05, 3.63) is 28.3 Å². The maximum Gasteiger partial charge on any atom is 0.346 e. The van der Waals surface area contributed by atoms with Gasteiger partial charge in [0.2, 0.25) is 0 Å². The number of nitrogens with zero attached hydrogens (tertiary/aromatic N) is 1. The highest BCUT2D eigenvalue weighted by Gasteiger charge is 2.13. The predicted octanol–water partition coefficient (Wildman–Crippen LogP) is 3.52. The molecule has 1 N–H and O–H groups in total. The summed E-state index contributed by atoms with van der Waals surface area (Å²) in [6.45, 7) is 4.69. The monoisotopic (exact) mass is 309 g/mol. The van der Waals surface area contributed by atoms with E-state index >= 15 is 0 Å². The summed E-state index contributed by atoms with van der Waals surface area (Å²) in [5.74, 6) is -0.448. The number of halogens is 1. The van der Waals surface area contributed by atoms with Crippen LogP contribution in [0.5, 0.6) is 11.5 Å². The fraction of sp³-hybridized carbons (Fsp3) is 0.333. The molecular formula is C15H16ClNO4. The second-order valence-corrected chi connectivity index (χ2v) is 4.49. The SMILES string of the molecule is CCCOc1c(Cl)cc(C=C(C#N)C(=O)O)cc1OCC. The molecule has 1 aromatic rings. The second-order valence-electron chi connectivity index (χ2n) is 4.09. The molecule has 21 heavy (non-hydrogen) atoms. The number of nitriles is 1. The van der Waals surface area contributed by atoms with Crippen LogP contribution in [-0.2, 0) is 4.79 Å². The van der Waals surface area contributed by atoms with Gasteiger partial charge in [-0.3, -0.25) is 0 Å². The normalized spacial score (nSPS) is 10.9. The van der Waals surface area contributed by atoms with Crippen LogP contribution in [0.2, 0.25) is 5.02 Å². The summed E-state index contributed by atoms with van der Waals surface area (Å²) in [6, 6.07) is 4.75. The van der Waals surface area contributed by atoms with E-state index in [4.69, 9.17) is 31.4 Å². The van der Waals surface area contributed by atoms with Crippen molar-refractivity contribution in [1.82, 2.24) is 0 Å². The first-order valence-corrected chi connectivity index (χ1v) is 6.85. The third-order valence-corrected chi connectivity index (χ3v) is 2.72. The molecule has 0 aliphatic rings. The molecule has 1 aromatic carbocycles. The van der Waals surface area contributed by atoms with Gasteiger partial charge in [0.15, 0.2) is 11.5 Å². The van der Waals surface area contributed by atoms with Crippen molar-refractivity contribution >= 4 is 23.6 Å². The fourth-order valence-electron chi connectivity index (χ4n) is 1.59. The number of aliphatic carboxylic acids is 1. The molecule has 0 unspecified atom stereocenters. The Balaban J connectivity index is 3.26. The zero-order valence-electron chi connectivity index (χ0n) is 11.9. The Morgan fingerprint density at radius 3 is 2.67 bits per heavy atom. The third kappa shape index (κ3) is 4.69. The van der Waals surface area contributed by atoms with Crippen molar-refractivity contribution < 1.29 is 19.4 Å². The van der Waals surface area contributed by atoms with E-state index in [9.17, 15) is 4.79 Å². The highest BCUT2D eigenvalue weighted by molar-refractivity contribution is 6.32. The number of ether oxygens (including phenoxy) is 2. The van der Waals surface area contributed by atoms with Gasteiger partial charge in [0.25, 0.3) is 0 Å². The van der Waals surface area contributed by atoms with Crippen LogP contribution in [0.3, 0.4) is 0 Å². The first kappa shape index (κ1) is 16.9. The van der Waals surface area contributed by atoms with Gasteiger partial charge in [0.05, 0.1) is 18.2 Å². The highest BCUT2D eigenvalue weighted by Crippen LogP contribution is 2.37. The molecule has 1 rings (SSSR count). The summed E-state index contributed by atoms with van der Waals surface area (Å²) in [4.78, 5) is 10.9. The van der Waals surface area contributed by atoms with E-state index < -0.39 is 5.97 Å². The number of carbonyl (C=O) groups is 1. The van der Waals surface area contributed by atoms with E-state index in [0.29, 0.717) is 35.3 Å². The first-order valence-electron chi connectivity index (χ1n) is 6.47. The smallest absolute Gasteiger partial charge is 0.346 e. The van der Waals surface area contributed by atoms with Gasteiger partial charge in [-0.25, -0.2) is 4.79 Å². The molecule has 0 spiro atoms. The van der Waals surface area contributed by atoms with Crippen molar-refractivity contribution in [3.63, 3.8) is 0 Å². The predicted molar refractivity (Wildman–Crippen MR) is 79.6 cm³/mol. The van der Waals surface area contributed by atoms with Crippen LogP contribution in [-0.4, -0.2) is 24.3 Å². The zero-order valence-corrected chi connectivity index (χ0v) is 12.6. The van der Waals surface area contributed by atoms with Crippen LogP contribution in [0.4, 0.5) is 0 Å². The van der Waals surface area contributed by atoms with Crippen LogP contribution < -0.4 is 9.47 Å². The van der Waals surface area contributed by atoms with E-state index in [1.54, 1.807) is 12.1 Å². The molecule has 0 saturated heterocycles. The Kier molecular flexibility index (Phi) is 6.57. The molecular weight excluding hydrogens is 294 g/mol. The van der Waals surface area contributed by atoms with Crippen LogP contribution in [0.15, 0.2) is 17.7 Å². The van der Waals surface area contributed by atoms with Gasteiger partial charge in [-0.15, -0.1) is 0 Å². The lowest BCUT2D eigenvalue weighted by Crippen LogP contribution is -2.02. The Morgan fingerprint density at radius 2 is 2.14 bits per heavy atom. The van der Waals surface area contributed by atoms with Crippen molar-refractivity contribution in [2.24, 2.45) is 0 Å². The fourth-order valence-corrected chi connectivity index (χ4v) is 1.86. The molecule has 0 aromatic heterocycles. The van der Waals surface area contributed by atoms with Crippen LogP contribution in [0, 0.1) is 11.3 Å². The standard InChI is InChI=1S/C15H16ClNO4/c1-3-5-21-14-12(16)7-10(8-13(14)20-4-2)6-11(9-17)15(18)19/h6-8H,3-5H2,1-2H3,(H,18,19). The van der Waals surface area contributed by atoms with E-state index in [1.165, 1.54) is 12.1 Å². The maximum absolute atomic E-state index is 10.9. The number of hydrogen-bond acceptors (Lipinski definition) is 4. The molecule has 0 aliphatic heterocycles. The lowest BCUT2D eigenvalue weighted by molar-refractivity contribution is -0.132. The molecule has 0 heterocycles. The largest absolute Gasteiger partial charge is 0.490 e. The maximum atomic E-state index is 10.9. The van der Waals surface area contributed by atoms with E-state index in [-0.39, 0.29) is 5.57 Å². The lowest BCUT2D eigenvalue weighted by Gasteiger charge is -2.14. The summed E-state index contributed by atoms with van der Waals surface area (Å²) in [6.07, 6.45) is 2.06. The Morgan fingerprint density at radius 1 is 1.43 bits per heavy atom. The Labute approximate surface area is 128 Å². The third-order valence-electron chi connectivity index (χ3n) is 2.44. The van der Waals surface area contributed by atoms with Crippen LogP contribution >= 0.6 is 11.6 Å². The van der Waals surface area contributed by atoms with E-state index in [2.05, 4.69) is 0 Å². The molecule has 0 radical (unpaired) electrons. The molecule has 6 heteroatoms. The number of benzene rings is 1.